The van der Waals surface area contributed by atoms with Crippen molar-refractivity contribution in [3.05, 3.63) is 48.4 Å². The van der Waals surface area contributed by atoms with Crippen molar-refractivity contribution in [2.45, 2.75) is 16.6 Å². The summed E-state index contributed by atoms with van der Waals surface area (Å²) in [4.78, 5) is 13.9. The van der Waals surface area contributed by atoms with Crippen LogP contribution in [-0.2, 0) is 9.84 Å². The second-order valence-electron chi connectivity index (χ2n) is 4.90. The van der Waals surface area contributed by atoms with Gasteiger partial charge < -0.3 is 9.42 Å². The molecule has 0 spiro atoms. The van der Waals surface area contributed by atoms with Gasteiger partial charge >= 0.3 is 0 Å². The van der Waals surface area contributed by atoms with Crippen LogP contribution in [0.15, 0.2) is 52.0 Å². The summed E-state index contributed by atoms with van der Waals surface area (Å²) in [6, 6.07) is 9.79. The van der Waals surface area contributed by atoms with Crippen LogP contribution in [-0.4, -0.2) is 42.7 Å². The number of carbonyl (C=O) groups excluding carboxylic acids is 1. The van der Waals surface area contributed by atoms with Crippen molar-refractivity contribution in [2.24, 2.45) is 0 Å². The van der Waals surface area contributed by atoms with Crippen LogP contribution >= 0.6 is 0 Å². The van der Waals surface area contributed by atoms with Gasteiger partial charge in [-0.05, 0) is 18.6 Å². The zero-order valence-electron chi connectivity index (χ0n) is 11.2. The minimum absolute atomic E-state index is 0.132. The summed E-state index contributed by atoms with van der Waals surface area (Å²) in [6.45, 7) is 0.576. The van der Waals surface area contributed by atoms with E-state index >= 15 is 0 Å². The highest BCUT2D eigenvalue weighted by Crippen LogP contribution is 2.24. The molecule has 2 aromatic rings. The number of sulfone groups is 1. The van der Waals surface area contributed by atoms with Crippen LogP contribution in [0.1, 0.15) is 17.0 Å². The molecule has 0 saturated carbocycles. The maximum Gasteiger partial charge on any atom is 0.292 e. The summed E-state index contributed by atoms with van der Waals surface area (Å²) in [5.41, 5.74) is 0. The maximum absolute atomic E-state index is 12.5. The van der Waals surface area contributed by atoms with Crippen LogP contribution in [0.3, 0.4) is 0 Å². The summed E-state index contributed by atoms with van der Waals surface area (Å²) in [6.07, 6.45) is 1.82. The van der Waals surface area contributed by atoms with E-state index in [1.54, 1.807) is 30.3 Å². The van der Waals surface area contributed by atoms with Crippen LogP contribution in [0.4, 0.5) is 0 Å². The second-order valence-corrected chi connectivity index (χ2v) is 7.12. The fourth-order valence-electron chi connectivity index (χ4n) is 2.45. The average Bonchev–Trinajstić information content (AvgIpc) is 3.19. The van der Waals surface area contributed by atoms with Gasteiger partial charge in [-0.25, -0.2) is 8.42 Å². The fraction of sp³-hybridized carbons (Fsp3) is 0.286. The molecule has 1 amide bonds. The van der Waals surface area contributed by atoms with Crippen LogP contribution < -0.4 is 0 Å². The number of likely N-dealkylation sites (tertiary alicyclic amines) is 1. The lowest BCUT2D eigenvalue weighted by atomic mass is 10.4. The predicted octanol–water partition coefficient (Wildman–Crippen LogP) is 1.36. The first-order valence-corrected chi connectivity index (χ1v) is 8.12. The molecule has 1 aliphatic heterocycles. The molecule has 1 aliphatic rings. The van der Waals surface area contributed by atoms with Crippen LogP contribution in [0, 0.1) is 0 Å². The molecular weight excluding hydrogens is 292 g/mol. The van der Waals surface area contributed by atoms with E-state index in [1.807, 2.05) is 0 Å². The number of carbonyl (C=O) groups is 1. The van der Waals surface area contributed by atoms with E-state index in [0.29, 0.717) is 17.9 Å². The third-order valence-electron chi connectivity index (χ3n) is 3.59. The van der Waals surface area contributed by atoms with Gasteiger partial charge in [-0.2, -0.15) is 0 Å². The standard InChI is InChI=1S/C14H14N2O4S/c17-14(13-6-8-15-20-13)16-9-7-12(10-16)21(18,19)11-4-2-1-3-5-11/h1-6,8,12H,7,9-10H2/t12-/m0/s1. The van der Waals surface area contributed by atoms with Crippen molar-refractivity contribution in [1.29, 1.82) is 0 Å². The number of benzene rings is 1. The molecule has 21 heavy (non-hydrogen) atoms. The molecule has 1 aromatic carbocycles. The van der Waals surface area contributed by atoms with E-state index in [-0.39, 0.29) is 18.2 Å². The van der Waals surface area contributed by atoms with Gasteiger partial charge in [0.1, 0.15) is 0 Å². The van der Waals surface area contributed by atoms with Gasteiger partial charge in [0.25, 0.3) is 5.91 Å². The first-order valence-electron chi connectivity index (χ1n) is 6.58. The number of rotatable bonds is 3. The molecule has 0 radical (unpaired) electrons. The van der Waals surface area contributed by atoms with Crippen LogP contribution in [0.2, 0.25) is 0 Å². The van der Waals surface area contributed by atoms with Crippen LogP contribution in [0.5, 0.6) is 0 Å². The van der Waals surface area contributed by atoms with Crippen LogP contribution in [0.25, 0.3) is 0 Å². The van der Waals surface area contributed by atoms with Gasteiger partial charge in [-0.3, -0.25) is 4.79 Å². The van der Waals surface area contributed by atoms with Gasteiger partial charge in [-0.1, -0.05) is 23.4 Å². The summed E-state index contributed by atoms with van der Waals surface area (Å²) in [7, 11) is -3.41. The Bertz CT molecular complexity index is 726. The number of nitrogens with zero attached hydrogens (tertiary/aromatic N) is 2. The molecule has 1 fully saturated rings. The number of hydrogen-bond acceptors (Lipinski definition) is 5. The van der Waals surface area contributed by atoms with E-state index in [2.05, 4.69) is 5.16 Å². The van der Waals surface area contributed by atoms with E-state index in [9.17, 15) is 13.2 Å². The Morgan fingerprint density at radius 2 is 2.00 bits per heavy atom. The Hall–Kier alpha value is -2.15. The van der Waals surface area contributed by atoms with Crippen molar-refractivity contribution < 1.29 is 17.7 Å². The Kier molecular flexibility index (Phi) is 3.50. The quantitative estimate of drug-likeness (QED) is 0.855. The van der Waals surface area contributed by atoms with Gasteiger partial charge in [0.15, 0.2) is 9.84 Å². The normalized spacial score (nSPS) is 18.9. The Balaban J connectivity index is 1.77. The summed E-state index contributed by atoms with van der Waals surface area (Å²) in [5, 5.41) is 2.91. The molecule has 6 nitrogen and oxygen atoms in total. The lowest BCUT2D eigenvalue weighted by Gasteiger charge is -2.15. The highest BCUT2D eigenvalue weighted by Gasteiger charge is 2.37. The highest BCUT2D eigenvalue weighted by molar-refractivity contribution is 7.92. The van der Waals surface area contributed by atoms with E-state index in [0.717, 1.165) is 0 Å². The summed E-state index contributed by atoms with van der Waals surface area (Å²) < 4.78 is 29.9. The zero-order valence-corrected chi connectivity index (χ0v) is 12.0. The average molecular weight is 306 g/mol. The van der Waals surface area contributed by atoms with Crippen molar-refractivity contribution in [3.63, 3.8) is 0 Å². The molecule has 110 valence electrons. The molecule has 1 saturated heterocycles. The third-order valence-corrected chi connectivity index (χ3v) is 5.78. The molecule has 1 atom stereocenters. The molecule has 3 rings (SSSR count). The SMILES string of the molecule is O=C(c1ccno1)N1CC[C@H](S(=O)(=O)c2ccccc2)C1. The van der Waals surface area contributed by atoms with Gasteiger partial charge in [0.05, 0.1) is 16.3 Å². The van der Waals surface area contributed by atoms with Gasteiger partial charge in [0.2, 0.25) is 5.76 Å². The fourth-order valence-corrected chi connectivity index (χ4v) is 4.16. The minimum atomic E-state index is -3.41. The van der Waals surface area contributed by atoms with Crippen molar-refractivity contribution >= 4 is 15.7 Å². The number of hydrogen-bond donors (Lipinski definition) is 0. The summed E-state index contributed by atoms with van der Waals surface area (Å²) in [5.74, 6) is -0.189. The lowest BCUT2D eigenvalue weighted by molar-refractivity contribution is 0.0751. The largest absolute Gasteiger partial charge is 0.351 e. The first-order chi connectivity index (χ1) is 10.1. The second kappa shape index (κ2) is 5.33. The molecule has 7 heteroatoms. The minimum Gasteiger partial charge on any atom is -0.351 e. The van der Waals surface area contributed by atoms with E-state index in [1.165, 1.54) is 17.2 Å². The molecule has 2 heterocycles. The number of aromatic nitrogens is 1. The topological polar surface area (TPSA) is 80.5 Å². The van der Waals surface area contributed by atoms with Crippen molar-refractivity contribution in [2.75, 3.05) is 13.1 Å². The zero-order chi connectivity index (χ0) is 14.9. The maximum atomic E-state index is 12.5. The molecule has 0 unspecified atom stereocenters. The summed E-state index contributed by atoms with van der Waals surface area (Å²) >= 11 is 0. The van der Waals surface area contributed by atoms with E-state index in [4.69, 9.17) is 4.52 Å². The predicted molar refractivity (Wildman–Crippen MR) is 74.4 cm³/mol. The Labute approximate surface area is 122 Å². The van der Waals surface area contributed by atoms with Gasteiger partial charge in [0, 0.05) is 19.2 Å². The van der Waals surface area contributed by atoms with E-state index < -0.39 is 15.1 Å². The third kappa shape index (κ3) is 2.56. The monoisotopic (exact) mass is 306 g/mol. The Morgan fingerprint density at radius 1 is 1.24 bits per heavy atom. The number of amides is 1. The molecular formula is C14H14N2O4S. The lowest BCUT2D eigenvalue weighted by Crippen LogP contribution is -2.31. The highest BCUT2D eigenvalue weighted by atomic mass is 32.2. The molecule has 0 bridgehead atoms. The molecule has 1 aromatic heterocycles. The Morgan fingerprint density at radius 3 is 2.67 bits per heavy atom. The van der Waals surface area contributed by atoms with Crippen molar-refractivity contribution in [1.82, 2.24) is 10.1 Å². The molecule has 0 aliphatic carbocycles. The van der Waals surface area contributed by atoms with Gasteiger partial charge in [-0.15, -0.1) is 0 Å². The first kappa shape index (κ1) is 13.8. The molecule has 0 N–H and O–H groups in total. The van der Waals surface area contributed by atoms with Crippen molar-refractivity contribution in [3.8, 4) is 0 Å². The smallest absolute Gasteiger partial charge is 0.292 e.